The van der Waals surface area contributed by atoms with Crippen LogP contribution in [0.4, 0.5) is 10.1 Å². The Balaban J connectivity index is 2.15. The molecule has 29 heavy (non-hydrogen) atoms. The number of halogens is 1. The Morgan fingerprint density at radius 1 is 1.07 bits per heavy atom. The zero-order valence-electron chi connectivity index (χ0n) is 16.5. The van der Waals surface area contributed by atoms with Gasteiger partial charge in [0.05, 0.1) is 10.5 Å². The van der Waals surface area contributed by atoms with Gasteiger partial charge in [-0.25, -0.2) is 17.6 Å². The van der Waals surface area contributed by atoms with E-state index in [0.717, 1.165) is 6.07 Å². The topological polar surface area (TPSA) is 102 Å². The van der Waals surface area contributed by atoms with Gasteiger partial charge in [0, 0.05) is 11.7 Å². The van der Waals surface area contributed by atoms with Crippen LogP contribution < -0.4 is 10.0 Å². The lowest BCUT2D eigenvalue weighted by atomic mass is 10.2. The molecule has 0 aliphatic heterocycles. The first-order chi connectivity index (χ1) is 13.5. The molecule has 7 nitrogen and oxygen atoms in total. The molecule has 9 heteroatoms. The third-order valence-corrected chi connectivity index (χ3v) is 5.27. The van der Waals surface area contributed by atoms with Crippen LogP contribution >= 0.6 is 0 Å². The summed E-state index contributed by atoms with van der Waals surface area (Å²) in [5.74, 6) is -1.86. The monoisotopic (exact) mass is 422 g/mol. The first-order valence-electron chi connectivity index (χ1n) is 8.90. The molecule has 0 heterocycles. The van der Waals surface area contributed by atoms with Gasteiger partial charge in [-0.2, -0.15) is 0 Å². The summed E-state index contributed by atoms with van der Waals surface area (Å²) in [6, 6.07) is 9.07. The maximum absolute atomic E-state index is 13.7. The van der Waals surface area contributed by atoms with Crippen molar-refractivity contribution in [3.8, 4) is 0 Å². The molecule has 0 aliphatic rings. The summed E-state index contributed by atoms with van der Waals surface area (Å²) in [5, 5.41) is 2.63. The highest BCUT2D eigenvalue weighted by atomic mass is 32.2. The number of ether oxygens (including phenoxy) is 1. The number of rotatable bonds is 7. The normalized spacial score (nSPS) is 12.3. The molecule has 0 aromatic heterocycles. The minimum Gasteiger partial charge on any atom is -0.449 e. The Bertz CT molecular complexity index is 1020. The predicted molar refractivity (Wildman–Crippen MR) is 107 cm³/mol. The standard InChI is InChI=1S/C20H23FN2O5S/c1-12(2)22-19(24)14(4)28-20(25)15-6-5-7-16(10-15)23-29(26,27)17-9-8-13(3)18(21)11-17/h5-12,14,23H,1-4H3,(H,22,24)/t14-/m1/s1. The molecular formula is C20H23FN2O5S. The quantitative estimate of drug-likeness (QED) is 0.668. The van der Waals surface area contributed by atoms with Gasteiger partial charge in [-0.05, 0) is 63.6 Å². The number of hydrogen-bond acceptors (Lipinski definition) is 5. The molecule has 2 aromatic carbocycles. The van der Waals surface area contributed by atoms with E-state index in [1.165, 1.54) is 50.2 Å². The molecule has 2 aromatic rings. The van der Waals surface area contributed by atoms with E-state index in [4.69, 9.17) is 4.74 Å². The van der Waals surface area contributed by atoms with Crippen molar-refractivity contribution in [2.24, 2.45) is 0 Å². The number of anilines is 1. The second-order valence-corrected chi connectivity index (χ2v) is 8.49. The summed E-state index contributed by atoms with van der Waals surface area (Å²) in [6.45, 7) is 6.52. The van der Waals surface area contributed by atoms with Crippen molar-refractivity contribution in [2.75, 3.05) is 4.72 Å². The summed E-state index contributed by atoms with van der Waals surface area (Å²) < 4.78 is 46.1. The number of esters is 1. The summed E-state index contributed by atoms with van der Waals surface area (Å²) in [5.41, 5.74) is 0.480. The van der Waals surface area contributed by atoms with E-state index in [-0.39, 0.29) is 22.2 Å². The Hall–Kier alpha value is -2.94. The molecule has 0 spiro atoms. The Labute approximate surface area is 169 Å². The number of hydrogen-bond donors (Lipinski definition) is 2. The van der Waals surface area contributed by atoms with Crippen molar-refractivity contribution in [2.45, 2.75) is 44.7 Å². The van der Waals surface area contributed by atoms with Crippen molar-refractivity contribution < 1.29 is 27.1 Å². The van der Waals surface area contributed by atoms with E-state index in [2.05, 4.69) is 10.0 Å². The lowest BCUT2D eigenvalue weighted by Gasteiger charge is -2.15. The minimum absolute atomic E-state index is 0.0597. The van der Waals surface area contributed by atoms with Gasteiger partial charge in [-0.3, -0.25) is 9.52 Å². The van der Waals surface area contributed by atoms with Crippen LogP contribution in [0.25, 0.3) is 0 Å². The van der Waals surface area contributed by atoms with Crippen LogP contribution in [0.15, 0.2) is 47.4 Å². The fourth-order valence-electron chi connectivity index (χ4n) is 2.35. The first kappa shape index (κ1) is 22.4. The number of aryl methyl sites for hydroxylation is 1. The molecule has 156 valence electrons. The Kier molecular flexibility index (Phi) is 6.97. The molecule has 0 saturated carbocycles. The van der Waals surface area contributed by atoms with Crippen LogP contribution in [0.3, 0.4) is 0 Å². The maximum atomic E-state index is 13.7. The summed E-state index contributed by atoms with van der Waals surface area (Å²) >= 11 is 0. The molecule has 0 bridgehead atoms. The molecular weight excluding hydrogens is 399 g/mol. The summed E-state index contributed by atoms with van der Waals surface area (Å²) in [7, 11) is -4.05. The van der Waals surface area contributed by atoms with Crippen LogP contribution in [0.2, 0.25) is 0 Å². The number of carbonyl (C=O) groups excluding carboxylic acids is 2. The molecule has 2 rings (SSSR count). The van der Waals surface area contributed by atoms with Gasteiger partial charge in [0.2, 0.25) is 0 Å². The highest BCUT2D eigenvalue weighted by Gasteiger charge is 2.21. The zero-order valence-corrected chi connectivity index (χ0v) is 17.3. The third-order valence-electron chi connectivity index (χ3n) is 3.89. The Morgan fingerprint density at radius 2 is 1.76 bits per heavy atom. The predicted octanol–water partition coefficient (Wildman–Crippen LogP) is 3.00. The van der Waals surface area contributed by atoms with Gasteiger partial charge in [0.1, 0.15) is 5.82 Å². The SMILES string of the molecule is Cc1ccc(S(=O)(=O)Nc2cccc(C(=O)O[C@H](C)C(=O)NC(C)C)c2)cc1F. The van der Waals surface area contributed by atoms with E-state index >= 15 is 0 Å². The highest BCUT2D eigenvalue weighted by Crippen LogP contribution is 2.20. The maximum Gasteiger partial charge on any atom is 0.338 e. The average molecular weight is 422 g/mol. The van der Waals surface area contributed by atoms with Gasteiger partial charge in [0.15, 0.2) is 6.10 Å². The van der Waals surface area contributed by atoms with Crippen LogP contribution in [-0.4, -0.2) is 32.4 Å². The second-order valence-electron chi connectivity index (χ2n) is 6.81. The lowest BCUT2D eigenvalue weighted by Crippen LogP contribution is -2.39. The van der Waals surface area contributed by atoms with E-state index in [1.807, 2.05) is 0 Å². The Morgan fingerprint density at radius 3 is 2.38 bits per heavy atom. The van der Waals surface area contributed by atoms with E-state index in [0.29, 0.717) is 5.56 Å². The van der Waals surface area contributed by atoms with E-state index in [1.54, 1.807) is 13.8 Å². The molecule has 2 N–H and O–H groups in total. The zero-order chi connectivity index (χ0) is 21.8. The number of nitrogens with one attached hydrogen (secondary N) is 2. The van der Waals surface area contributed by atoms with Crippen molar-refractivity contribution in [1.82, 2.24) is 5.32 Å². The van der Waals surface area contributed by atoms with E-state index in [9.17, 15) is 22.4 Å². The minimum atomic E-state index is -4.05. The van der Waals surface area contributed by atoms with Crippen LogP contribution in [-0.2, 0) is 19.6 Å². The molecule has 0 radical (unpaired) electrons. The van der Waals surface area contributed by atoms with Gasteiger partial charge in [-0.1, -0.05) is 12.1 Å². The van der Waals surface area contributed by atoms with Gasteiger partial charge in [0.25, 0.3) is 15.9 Å². The second kappa shape index (κ2) is 9.04. The lowest BCUT2D eigenvalue weighted by molar-refractivity contribution is -0.129. The molecule has 0 saturated heterocycles. The first-order valence-corrected chi connectivity index (χ1v) is 10.4. The molecule has 0 fully saturated rings. The highest BCUT2D eigenvalue weighted by molar-refractivity contribution is 7.92. The fraction of sp³-hybridized carbons (Fsp3) is 0.300. The number of sulfonamides is 1. The summed E-state index contributed by atoms with van der Waals surface area (Å²) in [4.78, 5) is 23.9. The molecule has 0 unspecified atom stereocenters. The van der Waals surface area contributed by atoms with Gasteiger partial charge in [-0.15, -0.1) is 0 Å². The number of amides is 1. The van der Waals surface area contributed by atoms with Gasteiger partial charge < -0.3 is 10.1 Å². The van der Waals surface area contributed by atoms with Crippen molar-refractivity contribution >= 4 is 27.6 Å². The van der Waals surface area contributed by atoms with E-state index < -0.39 is 33.8 Å². The van der Waals surface area contributed by atoms with Crippen LogP contribution in [0, 0.1) is 12.7 Å². The molecule has 1 atom stereocenters. The largest absolute Gasteiger partial charge is 0.449 e. The van der Waals surface area contributed by atoms with Crippen molar-refractivity contribution in [3.05, 3.63) is 59.4 Å². The van der Waals surface area contributed by atoms with Gasteiger partial charge >= 0.3 is 5.97 Å². The average Bonchev–Trinajstić information content (AvgIpc) is 2.63. The third kappa shape index (κ3) is 6.02. The fourth-order valence-corrected chi connectivity index (χ4v) is 3.41. The molecule has 1 amide bonds. The number of carbonyl (C=O) groups is 2. The van der Waals surface area contributed by atoms with Crippen LogP contribution in [0.5, 0.6) is 0 Å². The summed E-state index contributed by atoms with van der Waals surface area (Å²) in [6.07, 6.45) is -1.01. The smallest absolute Gasteiger partial charge is 0.338 e. The van der Waals surface area contributed by atoms with Crippen LogP contribution in [0.1, 0.15) is 36.7 Å². The number of benzene rings is 2. The van der Waals surface area contributed by atoms with Crippen molar-refractivity contribution in [1.29, 1.82) is 0 Å². The van der Waals surface area contributed by atoms with Crippen molar-refractivity contribution in [3.63, 3.8) is 0 Å². The molecule has 0 aliphatic carbocycles.